The number of halogens is 1. The molecule has 5 nitrogen and oxygen atoms in total. The fraction of sp³-hybridized carbons (Fsp3) is 0.533. The highest BCUT2D eigenvalue weighted by atomic mass is 32.2. The van der Waals surface area contributed by atoms with E-state index in [1.165, 1.54) is 35.1 Å². The van der Waals surface area contributed by atoms with Gasteiger partial charge in [0.15, 0.2) is 0 Å². The summed E-state index contributed by atoms with van der Waals surface area (Å²) in [5, 5.41) is 2.84. The minimum absolute atomic E-state index is 0.0268. The van der Waals surface area contributed by atoms with Crippen LogP contribution in [0.15, 0.2) is 23.1 Å². The lowest BCUT2D eigenvalue weighted by Crippen LogP contribution is -2.47. The fourth-order valence-electron chi connectivity index (χ4n) is 2.47. The Bertz CT molecular complexity index is 719. The molecule has 1 aliphatic carbocycles. The molecule has 0 aromatic heterocycles. The van der Waals surface area contributed by atoms with Gasteiger partial charge in [0.2, 0.25) is 15.9 Å². The van der Waals surface area contributed by atoms with E-state index in [0.29, 0.717) is 18.2 Å². The summed E-state index contributed by atoms with van der Waals surface area (Å²) in [5.41, 5.74) is 0.271. The van der Waals surface area contributed by atoms with Crippen LogP contribution in [0.5, 0.6) is 0 Å². The van der Waals surface area contributed by atoms with Crippen LogP contribution in [0.2, 0.25) is 0 Å². The molecule has 1 saturated carbocycles. The molecule has 2 fully saturated rings. The first-order chi connectivity index (χ1) is 10.9. The number of thioether (sulfide) groups is 1. The van der Waals surface area contributed by atoms with E-state index in [2.05, 4.69) is 5.32 Å². The van der Waals surface area contributed by atoms with E-state index in [1.807, 2.05) is 0 Å². The number of amides is 1. The van der Waals surface area contributed by atoms with Crippen LogP contribution in [0.25, 0.3) is 0 Å². The summed E-state index contributed by atoms with van der Waals surface area (Å²) in [5.74, 6) is 0.525. The van der Waals surface area contributed by atoms with Crippen LogP contribution >= 0.6 is 11.8 Å². The quantitative estimate of drug-likeness (QED) is 0.870. The van der Waals surface area contributed by atoms with Crippen molar-refractivity contribution in [3.8, 4) is 0 Å². The molecule has 1 N–H and O–H groups in total. The highest BCUT2D eigenvalue weighted by molar-refractivity contribution is 8.00. The molecule has 1 aromatic carbocycles. The molecule has 2 aliphatic rings. The summed E-state index contributed by atoms with van der Waals surface area (Å²) in [7, 11) is -3.81. The molecule has 1 heterocycles. The number of hydrogen-bond donors (Lipinski definition) is 1. The van der Waals surface area contributed by atoms with Crippen molar-refractivity contribution in [3.63, 3.8) is 0 Å². The molecule has 1 aliphatic heterocycles. The maximum atomic E-state index is 13.4. The van der Waals surface area contributed by atoms with E-state index in [1.54, 1.807) is 0 Å². The molecule has 1 saturated heterocycles. The van der Waals surface area contributed by atoms with Gasteiger partial charge in [-0.2, -0.15) is 4.31 Å². The summed E-state index contributed by atoms with van der Waals surface area (Å²) in [6, 6.07) is 3.01. The second kappa shape index (κ2) is 6.41. The second-order valence-corrected chi connectivity index (χ2v) is 8.90. The Morgan fingerprint density at radius 1 is 1.43 bits per heavy atom. The summed E-state index contributed by atoms with van der Waals surface area (Å²) in [4.78, 5) is 12.3. The van der Waals surface area contributed by atoms with Crippen molar-refractivity contribution in [3.05, 3.63) is 29.6 Å². The van der Waals surface area contributed by atoms with Gasteiger partial charge in [-0.1, -0.05) is 0 Å². The molecule has 126 valence electrons. The molecule has 0 bridgehead atoms. The Balaban J connectivity index is 1.79. The van der Waals surface area contributed by atoms with Crippen LogP contribution in [0.3, 0.4) is 0 Å². The van der Waals surface area contributed by atoms with Gasteiger partial charge < -0.3 is 5.32 Å². The third kappa shape index (κ3) is 3.54. The normalized spacial score (nSPS) is 22.3. The lowest BCUT2D eigenvalue weighted by molar-refractivity contribution is -0.123. The largest absolute Gasteiger partial charge is 0.354 e. The number of benzene rings is 1. The molecular weight excluding hydrogens is 339 g/mol. The fourth-order valence-corrected chi connectivity index (χ4v) is 5.70. The molecule has 0 radical (unpaired) electrons. The van der Waals surface area contributed by atoms with Gasteiger partial charge in [0, 0.05) is 12.3 Å². The molecule has 23 heavy (non-hydrogen) atoms. The van der Waals surface area contributed by atoms with Crippen molar-refractivity contribution in [1.29, 1.82) is 0 Å². The Labute approximate surface area is 139 Å². The Morgan fingerprint density at radius 2 is 2.17 bits per heavy atom. The van der Waals surface area contributed by atoms with Crippen molar-refractivity contribution in [1.82, 2.24) is 9.62 Å². The van der Waals surface area contributed by atoms with Crippen LogP contribution in [0.1, 0.15) is 18.4 Å². The van der Waals surface area contributed by atoms with Crippen molar-refractivity contribution in [2.24, 2.45) is 5.92 Å². The van der Waals surface area contributed by atoms with E-state index in [9.17, 15) is 17.6 Å². The zero-order valence-electron chi connectivity index (χ0n) is 12.8. The average Bonchev–Trinajstić information content (AvgIpc) is 3.20. The molecule has 0 unspecified atom stereocenters. The van der Waals surface area contributed by atoms with Crippen LogP contribution in [0, 0.1) is 18.7 Å². The summed E-state index contributed by atoms with van der Waals surface area (Å²) in [6.45, 7) is 2.14. The van der Waals surface area contributed by atoms with E-state index in [0.717, 1.165) is 18.9 Å². The first kappa shape index (κ1) is 16.7. The van der Waals surface area contributed by atoms with E-state index in [4.69, 9.17) is 0 Å². The van der Waals surface area contributed by atoms with E-state index >= 15 is 0 Å². The van der Waals surface area contributed by atoms with Gasteiger partial charge in [0.05, 0.1) is 10.8 Å². The predicted octanol–water partition coefficient (Wildman–Crippen LogP) is 1.72. The van der Waals surface area contributed by atoms with Crippen molar-refractivity contribution >= 4 is 27.7 Å². The van der Waals surface area contributed by atoms with E-state index < -0.39 is 21.9 Å². The van der Waals surface area contributed by atoms with Crippen LogP contribution in [-0.4, -0.2) is 42.8 Å². The standard InChI is InChI=1S/C15H19FN2O3S2/c1-10-6-12(4-5-13(10)16)23(20,21)18-9-22-8-14(18)15(19)17-7-11-2-3-11/h4-6,11,14H,2-3,7-9H2,1H3,(H,17,19)/t14-/m0/s1. The number of nitrogens with one attached hydrogen (secondary N) is 1. The molecule has 8 heteroatoms. The van der Waals surface area contributed by atoms with Gasteiger partial charge in [0.1, 0.15) is 11.9 Å². The lowest BCUT2D eigenvalue weighted by Gasteiger charge is -2.22. The number of carbonyl (C=O) groups is 1. The minimum atomic E-state index is -3.81. The Kier molecular flexibility index (Phi) is 4.66. The van der Waals surface area contributed by atoms with Crippen molar-refractivity contribution in [2.45, 2.75) is 30.7 Å². The van der Waals surface area contributed by atoms with Gasteiger partial charge in [-0.05, 0) is 49.4 Å². The zero-order chi connectivity index (χ0) is 16.6. The maximum absolute atomic E-state index is 13.4. The van der Waals surface area contributed by atoms with Gasteiger partial charge in [-0.15, -0.1) is 11.8 Å². The van der Waals surface area contributed by atoms with Gasteiger partial charge >= 0.3 is 0 Å². The summed E-state index contributed by atoms with van der Waals surface area (Å²) in [6.07, 6.45) is 2.24. The number of hydrogen-bond acceptors (Lipinski definition) is 4. The van der Waals surface area contributed by atoms with Crippen LogP contribution in [0.4, 0.5) is 4.39 Å². The molecule has 0 spiro atoms. The van der Waals surface area contributed by atoms with Crippen molar-refractivity contribution < 1.29 is 17.6 Å². The first-order valence-electron chi connectivity index (χ1n) is 7.53. The topological polar surface area (TPSA) is 66.5 Å². The van der Waals surface area contributed by atoms with Gasteiger partial charge in [-0.25, -0.2) is 12.8 Å². The number of nitrogens with zero attached hydrogens (tertiary/aromatic N) is 1. The van der Waals surface area contributed by atoms with E-state index in [-0.39, 0.29) is 22.2 Å². The molecule has 1 atom stereocenters. The third-order valence-electron chi connectivity index (χ3n) is 4.14. The number of rotatable bonds is 5. The van der Waals surface area contributed by atoms with Gasteiger partial charge in [-0.3, -0.25) is 4.79 Å². The molecule has 1 amide bonds. The van der Waals surface area contributed by atoms with Gasteiger partial charge in [0.25, 0.3) is 0 Å². The number of sulfonamides is 1. The highest BCUT2D eigenvalue weighted by Crippen LogP contribution is 2.30. The SMILES string of the molecule is Cc1cc(S(=O)(=O)N2CSC[C@H]2C(=O)NCC2CC2)ccc1F. The number of aryl methyl sites for hydroxylation is 1. The summed E-state index contributed by atoms with van der Waals surface area (Å²) >= 11 is 1.41. The second-order valence-electron chi connectivity index (χ2n) is 6.01. The first-order valence-corrected chi connectivity index (χ1v) is 10.1. The lowest BCUT2D eigenvalue weighted by atomic mass is 10.2. The summed E-state index contributed by atoms with van der Waals surface area (Å²) < 4.78 is 40.1. The van der Waals surface area contributed by atoms with Crippen molar-refractivity contribution in [2.75, 3.05) is 18.2 Å². The molecule has 3 rings (SSSR count). The average molecular weight is 358 g/mol. The monoisotopic (exact) mass is 358 g/mol. The Hall–Kier alpha value is -1.12. The highest BCUT2D eigenvalue weighted by Gasteiger charge is 2.40. The maximum Gasteiger partial charge on any atom is 0.244 e. The third-order valence-corrected chi connectivity index (χ3v) is 7.17. The smallest absolute Gasteiger partial charge is 0.244 e. The Morgan fingerprint density at radius 3 is 2.83 bits per heavy atom. The molecule has 1 aromatic rings. The van der Waals surface area contributed by atoms with Crippen LogP contribution in [-0.2, 0) is 14.8 Å². The number of carbonyl (C=O) groups excluding carboxylic acids is 1. The molecular formula is C15H19FN2O3S2. The zero-order valence-corrected chi connectivity index (χ0v) is 14.4. The predicted molar refractivity (Wildman–Crippen MR) is 87.0 cm³/mol. The minimum Gasteiger partial charge on any atom is -0.354 e. The van der Waals surface area contributed by atoms with Crippen LogP contribution < -0.4 is 5.32 Å².